The summed E-state index contributed by atoms with van der Waals surface area (Å²) >= 11 is 0. The lowest BCUT2D eigenvalue weighted by Crippen LogP contribution is -2.67. The van der Waals surface area contributed by atoms with Crippen LogP contribution in [-0.4, -0.2) is 45.7 Å². The van der Waals surface area contributed by atoms with Crippen molar-refractivity contribution in [3.63, 3.8) is 0 Å². The summed E-state index contributed by atoms with van der Waals surface area (Å²) < 4.78 is 6.11. The zero-order chi connectivity index (χ0) is 24.5. The molecule has 1 aliphatic heterocycles. The zero-order valence-electron chi connectivity index (χ0n) is 19.5. The smallest absolute Gasteiger partial charge is 0.339 e. The molecule has 4 bridgehead atoms. The number of phenols is 2. The molecule has 5 rings (SSSR count). The van der Waals surface area contributed by atoms with Crippen LogP contribution in [0.3, 0.4) is 0 Å². The molecule has 6 atom stereocenters. The molecule has 1 aromatic rings. The monoisotopic (exact) mass is 469 g/mol. The maximum Gasteiger partial charge on any atom is 0.339 e. The molecule has 1 spiro atoms. The third kappa shape index (κ3) is 2.84. The summed E-state index contributed by atoms with van der Waals surface area (Å²) in [5.74, 6) is -2.38. The molecule has 0 aromatic heterocycles. The quantitative estimate of drug-likeness (QED) is 0.446. The number of hydrogen-bond donors (Lipinski definition) is 4. The molecule has 182 valence electrons. The third-order valence-corrected chi connectivity index (χ3v) is 9.28. The van der Waals surface area contributed by atoms with Crippen LogP contribution >= 0.6 is 0 Å². The fourth-order valence-electron chi connectivity index (χ4n) is 7.89. The molecule has 4 aliphatic rings. The first-order chi connectivity index (χ1) is 16.1. The Morgan fingerprint density at radius 1 is 1.24 bits per heavy atom. The van der Waals surface area contributed by atoms with Gasteiger partial charge in [0.1, 0.15) is 17.0 Å². The number of aromatic hydroxyl groups is 2. The summed E-state index contributed by atoms with van der Waals surface area (Å²) in [5.41, 5.74) is -1.69. The van der Waals surface area contributed by atoms with Gasteiger partial charge in [-0.05, 0) is 60.6 Å². The highest BCUT2D eigenvalue weighted by molar-refractivity contribution is 6.00. The molecule has 1 heterocycles. The van der Waals surface area contributed by atoms with Gasteiger partial charge >= 0.3 is 5.97 Å². The van der Waals surface area contributed by atoms with E-state index in [-0.39, 0.29) is 40.7 Å². The first kappa shape index (κ1) is 22.9. The van der Waals surface area contributed by atoms with Gasteiger partial charge in [0.15, 0.2) is 11.5 Å². The van der Waals surface area contributed by atoms with Crippen LogP contribution in [0.1, 0.15) is 62.7 Å². The summed E-state index contributed by atoms with van der Waals surface area (Å²) in [6, 6.07) is 2.18. The number of allylic oxidation sites excluding steroid dienone is 2. The van der Waals surface area contributed by atoms with Gasteiger partial charge in [0.05, 0.1) is 12.7 Å². The molecule has 1 amide bonds. The van der Waals surface area contributed by atoms with Gasteiger partial charge in [-0.25, -0.2) is 4.79 Å². The van der Waals surface area contributed by atoms with Gasteiger partial charge in [0, 0.05) is 17.8 Å². The van der Waals surface area contributed by atoms with Crippen LogP contribution in [0.5, 0.6) is 11.5 Å². The van der Waals surface area contributed by atoms with Gasteiger partial charge in [-0.15, -0.1) is 0 Å². The van der Waals surface area contributed by atoms with Gasteiger partial charge in [0.2, 0.25) is 5.91 Å². The molecular weight excluding hydrogens is 438 g/mol. The second kappa shape index (κ2) is 7.57. The van der Waals surface area contributed by atoms with E-state index in [1.54, 1.807) is 6.08 Å². The van der Waals surface area contributed by atoms with Crippen molar-refractivity contribution in [1.82, 2.24) is 0 Å². The molecule has 8 heteroatoms. The SMILES string of the molecule is CCCC12C=CC(=O)[C@](C)(CCC(=O)Nc3c(O)ccc(C(=O)O)c3O)C3(C1)C1COC(C1)C23. The van der Waals surface area contributed by atoms with Crippen molar-refractivity contribution >= 4 is 23.3 Å². The Morgan fingerprint density at radius 3 is 2.71 bits per heavy atom. The normalized spacial score (nSPS) is 37.1. The average molecular weight is 470 g/mol. The number of phenolic OH excluding ortho intramolecular Hbond substituents is 1. The number of carboxylic acids is 1. The molecule has 2 saturated carbocycles. The largest absolute Gasteiger partial charge is 0.506 e. The lowest BCUT2D eigenvalue weighted by molar-refractivity contribution is -0.237. The number of benzene rings is 1. The van der Waals surface area contributed by atoms with Crippen LogP contribution in [0, 0.1) is 28.1 Å². The van der Waals surface area contributed by atoms with Crippen molar-refractivity contribution < 1.29 is 34.4 Å². The second-order valence-corrected chi connectivity index (χ2v) is 10.7. The maximum absolute atomic E-state index is 13.5. The maximum atomic E-state index is 13.5. The van der Waals surface area contributed by atoms with Crippen LogP contribution < -0.4 is 5.32 Å². The lowest BCUT2D eigenvalue weighted by atomic mass is 9.36. The minimum Gasteiger partial charge on any atom is -0.506 e. The van der Waals surface area contributed by atoms with E-state index in [0.717, 1.165) is 37.8 Å². The number of fused-ring (bicyclic) bond motifs is 5. The van der Waals surface area contributed by atoms with Crippen molar-refractivity contribution in [2.24, 2.45) is 28.1 Å². The Morgan fingerprint density at radius 2 is 2.00 bits per heavy atom. The second-order valence-electron chi connectivity index (χ2n) is 10.7. The number of aromatic carboxylic acids is 1. The lowest BCUT2D eigenvalue weighted by Gasteiger charge is -2.68. The first-order valence-electron chi connectivity index (χ1n) is 12.0. The van der Waals surface area contributed by atoms with Crippen LogP contribution in [0.2, 0.25) is 0 Å². The average Bonchev–Trinajstić information content (AvgIpc) is 3.30. The number of ketones is 1. The first-order valence-corrected chi connectivity index (χ1v) is 12.0. The molecule has 8 nitrogen and oxygen atoms in total. The predicted octanol–water partition coefficient (Wildman–Crippen LogP) is 3.87. The zero-order valence-corrected chi connectivity index (χ0v) is 19.5. The Hall–Kier alpha value is -2.87. The molecule has 5 unspecified atom stereocenters. The summed E-state index contributed by atoms with van der Waals surface area (Å²) in [7, 11) is 0. The fraction of sp³-hybridized carbons (Fsp3) is 0.577. The molecule has 1 saturated heterocycles. The van der Waals surface area contributed by atoms with Crippen molar-refractivity contribution in [2.45, 2.75) is 58.5 Å². The highest BCUT2D eigenvalue weighted by Crippen LogP contribution is 2.80. The Kier molecular flexibility index (Phi) is 5.10. The number of hydrogen-bond acceptors (Lipinski definition) is 6. The number of rotatable bonds is 7. The van der Waals surface area contributed by atoms with Gasteiger partial charge < -0.3 is 25.4 Å². The van der Waals surface area contributed by atoms with Gasteiger partial charge in [-0.1, -0.05) is 26.3 Å². The van der Waals surface area contributed by atoms with Crippen molar-refractivity contribution in [3.05, 3.63) is 29.8 Å². The number of carboxylic acid groups (broad SMARTS) is 1. The molecule has 3 fully saturated rings. The predicted molar refractivity (Wildman–Crippen MR) is 123 cm³/mol. The van der Waals surface area contributed by atoms with E-state index in [2.05, 4.69) is 18.3 Å². The van der Waals surface area contributed by atoms with E-state index in [9.17, 15) is 29.7 Å². The summed E-state index contributed by atoms with van der Waals surface area (Å²) in [6.45, 7) is 4.81. The van der Waals surface area contributed by atoms with E-state index < -0.39 is 34.4 Å². The Balaban J connectivity index is 1.40. The van der Waals surface area contributed by atoms with Crippen molar-refractivity contribution in [2.75, 3.05) is 11.9 Å². The number of nitrogens with one attached hydrogen (secondary N) is 1. The third-order valence-electron chi connectivity index (χ3n) is 9.28. The number of anilines is 1. The molecule has 34 heavy (non-hydrogen) atoms. The van der Waals surface area contributed by atoms with E-state index in [1.165, 1.54) is 0 Å². The molecule has 0 radical (unpaired) electrons. The minimum absolute atomic E-state index is 0.000247. The van der Waals surface area contributed by atoms with Gasteiger partial charge in [0.25, 0.3) is 0 Å². The molecule has 3 aliphatic carbocycles. The van der Waals surface area contributed by atoms with Crippen molar-refractivity contribution in [1.29, 1.82) is 0 Å². The topological polar surface area (TPSA) is 133 Å². The number of ether oxygens (including phenoxy) is 1. The van der Waals surface area contributed by atoms with E-state index in [4.69, 9.17) is 4.74 Å². The number of carbonyl (C=O) groups excluding carboxylic acids is 2. The number of carbonyl (C=O) groups is 3. The summed E-state index contributed by atoms with van der Waals surface area (Å²) in [4.78, 5) is 37.7. The minimum atomic E-state index is -1.37. The van der Waals surface area contributed by atoms with Gasteiger partial charge in [-0.3, -0.25) is 9.59 Å². The summed E-state index contributed by atoms with van der Waals surface area (Å²) in [6.07, 6.45) is 8.27. The van der Waals surface area contributed by atoms with E-state index >= 15 is 0 Å². The highest BCUT2D eigenvalue weighted by atomic mass is 16.5. The van der Waals surface area contributed by atoms with Gasteiger partial charge in [-0.2, -0.15) is 0 Å². The van der Waals surface area contributed by atoms with E-state index in [0.29, 0.717) is 18.9 Å². The standard InChI is InChI=1S/C26H31NO7/c1-3-8-25-10-6-18(29)24(2,26(13-25)14-11-17(22(25)26)34-12-14)9-7-19(30)27-20-16(28)5-4-15(21(20)31)23(32)33/h4-6,10,14,17,22,28,31H,3,7-9,11-13H2,1-2H3,(H,27,30)(H,32,33)/t14?,17?,22?,24-,25?,26?/m0/s1. The molecule has 4 N–H and O–H groups in total. The summed E-state index contributed by atoms with van der Waals surface area (Å²) in [5, 5.41) is 31.9. The molecular formula is C26H31NO7. The Bertz CT molecular complexity index is 1110. The van der Waals surface area contributed by atoms with Crippen molar-refractivity contribution in [3.8, 4) is 11.5 Å². The van der Waals surface area contributed by atoms with E-state index in [1.807, 2.05) is 6.92 Å². The van der Waals surface area contributed by atoms with Crippen LogP contribution in [0.25, 0.3) is 0 Å². The highest BCUT2D eigenvalue weighted by Gasteiger charge is 2.79. The van der Waals surface area contributed by atoms with Crippen LogP contribution in [-0.2, 0) is 14.3 Å². The Labute approximate surface area is 198 Å². The number of amides is 1. The van der Waals surface area contributed by atoms with Crippen LogP contribution in [0.4, 0.5) is 5.69 Å². The fourth-order valence-corrected chi connectivity index (χ4v) is 7.89. The molecule has 1 aromatic carbocycles. The van der Waals surface area contributed by atoms with Crippen LogP contribution in [0.15, 0.2) is 24.3 Å².